The molecule has 1 unspecified atom stereocenters. The van der Waals surface area contributed by atoms with Crippen LogP contribution in [-0.2, 0) is 19.6 Å². The number of nitrogens with one attached hydrogen (secondary N) is 1. The first kappa shape index (κ1) is 22.6. The molecule has 0 aromatic heterocycles. The second kappa shape index (κ2) is 8.97. The van der Waals surface area contributed by atoms with Gasteiger partial charge < -0.3 is 5.32 Å². The van der Waals surface area contributed by atoms with Crippen molar-refractivity contribution in [2.24, 2.45) is 5.41 Å². The van der Waals surface area contributed by atoms with Gasteiger partial charge in [-0.3, -0.25) is 9.59 Å². The number of hydrogen-bond acceptors (Lipinski definition) is 4. The minimum Gasteiger partial charge on any atom is -0.324 e. The third-order valence-electron chi connectivity index (χ3n) is 3.86. The van der Waals surface area contributed by atoms with E-state index in [9.17, 15) is 18.0 Å². The average molecular weight is 403 g/mol. The Hall–Kier alpha value is -1.44. The summed E-state index contributed by atoms with van der Waals surface area (Å²) in [7, 11) is -2.03. The molecule has 0 fully saturated rings. The van der Waals surface area contributed by atoms with Gasteiger partial charge in [0.1, 0.15) is 0 Å². The lowest BCUT2D eigenvalue weighted by Gasteiger charge is -2.20. The molecule has 0 saturated carbocycles. The molecule has 0 heterocycles. The van der Waals surface area contributed by atoms with Gasteiger partial charge in [0.05, 0.1) is 4.90 Å². The van der Waals surface area contributed by atoms with Crippen molar-refractivity contribution in [1.82, 2.24) is 4.31 Å². The van der Waals surface area contributed by atoms with Gasteiger partial charge in [0.15, 0.2) is 11.2 Å². The van der Waals surface area contributed by atoms with Crippen molar-refractivity contribution < 1.29 is 18.0 Å². The topological polar surface area (TPSA) is 83.6 Å². The van der Waals surface area contributed by atoms with Gasteiger partial charge in [0.2, 0.25) is 15.9 Å². The molecule has 1 amide bonds. The zero-order chi connectivity index (χ0) is 20.1. The maximum absolute atomic E-state index is 12.5. The van der Waals surface area contributed by atoms with Crippen molar-refractivity contribution in [2.45, 2.75) is 50.8 Å². The first-order chi connectivity index (χ1) is 11.9. The lowest BCUT2D eigenvalue weighted by Crippen LogP contribution is -2.37. The summed E-state index contributed by atoms with van der Waals surface area (Å²) in [6, 6.07) is 5.79. The fourth-order valence-electron chi connectivity index (χ4n) is 2.10. The van der Waals surface area contributed by atoms with Crippen molar-refractivity contribution in [1.29, 1.82) is 0 Å². The minimum atomic E-state index is -3.57. The molecular formula is C18H27ClN2O4S. The van der Waals surface area contributed by atoms with E-state index in [0.29, 0.717) is 12.2 Å². The Morgan fingerprint density at radius 2 is 1.73 bits per heavy atom. The smallest absolute Gasteiger partial charge is 0.250 e. The Kier molecular flexibility index (Phi) is 7.80. The fraction of sp³-hybridized carbons (Fsp3) is 0.556. The number of amides is 1. The monoisotopic (exact) mass is 402 g/mol. The zero-order valence-corrected chi connectivity index (χ0v) is 17.4. The highest BCUT2D eigenvalue weighted by atomic mass is 35.5. The molecule has 26 heavy (non-hydrogen) atoms. The number of nitrogens with zero attached hydrogens (tertiary/aromatic N) is 1. The lowest BCUT2D eigenvalue weighted by atomic mass is 9.88. The van der Waals surface area contributed by atoms with Gasteiger partial charge in [-0.2, -0.15) is 0 Å². The van der Waals surface area contributed by atoms with Crippen molar-refractivity contribution >= 4 is 39.0 Å². The fourth-order valence-corrected chi connectivity index (χ4v) is 3.69. The Labute approximate surface area is 161 Å². The summed E-state index contributed by atoms with van der Waals surface area (Å²) >= 11 is 5.95. The second-order valence-electron chi connectivity index (χ2n) is 7.17. The van der Waals surface area contributed by atoms with Gasteiger partial charge in [0, 0.05) is 24.7 Å². The van der Waals surface area contributed by atoms with Crippen LogP contribution in [0.3, 0.4) is 0 Å². The maximum atomic E-state index is 12.5. The molecular weight excluding hydrogens is 376 g/mol. The van der Waals surface area contributed by atoms with E-state index < -0.39 is 26.7 Å². The zero-order valence-electron chi connectivity index (χ0n) is 15.9. The SMILES string of the molecule is CCCCN(C)S(=O)(=O)c1ccc(NC(=O)C(Cl)C(=O)C(C)(C)C)cc1. The molecule has 146 valence electrons. The van der Waals surface area contributed by atoms with Crippen molar-refractivity contribution in [3.8, 4) is 0 Å². The number of benzene rings is 1. The number of halogens is 1. The summed E-state index contributed by atoms with van der Waals surface area (Å²) in [5, 5.41) is 1.23. The van der Waals surface area contributed by atoms with Crippen LogP contribution in [0.5, 0.6) is 0 Å². The van der Waals surface area contributed by atoms with Crippen LogP contribution in [0.4, 0.5) is 5.69 Å². The van der Waals surface area contributed by atoms with Crippen molar-refractivity contribution in [3.05, 3.63) is 24.3 Å². The summed E-state index contributed by atoms with van der Waals surface area (Å²) in [5.74, 6) is -1.02. The van der Waals surface area contributed by atoms with Crippen molar-refractivity contribution in [3.63, 3.8) is 0 Å². The Balaban J connectivity index is 2.85. The molecule has 0 spiro atoms. The van der Waals surface area contributed by atoms with Crippen molar-refractivity contribution in [2.75, 3.05) is 18.9 Å². The Bertz CT molecular complexity index is 739. The van der Waals surface area contributed by atoms with Crippen LogP contribution in [0.1, 0.15) is 40.5 Å². The molecule has 8 heteroatoms. The number of hydrogen-bond donors (Lipinski definition) is 1. The van der Waals surface area contributed by atoms with Gasteiger partial charge >= 0.3 is 0 Å². The van der Waals surface area contributed by atoms with Gasteiger partial charge in [-0.1, -0.05) is 34.1 Å². The molecule has 0 aliphatic heterocycles. The van der Waals surface area contributed by atoms with E-state index in [1.807, 2.05) is 6.92 Å². The van der Waals surface area contributed by atoms with Crippen LogP contribution in [0.15, 0.2) is 29.2 Å². The number of carbonyl (C=O) groups is 2. The highest BCUT2D eigenvalue weighted by Gasteiger charge is 2.33. The summed E-state index contributed by atoms with van der Waals surface area (Å²) < 4.78 is 26.2. The summed E-state index contributed by atoms with van der Waals surface area (Å²) in [6.07, 6.45) is 1.68. The average Bonchev–Trinajstić information content (AvgIpc) is 2.57. The van der Waals surface area contributed by atoms with Crippen LogP contribution >= 0.6 is 11.6 Å². The van der Waals surface area contributed by atoms with E-state index in [0.717, 1.165) is 12.8 Å². The molecule has 1 aromatic rings. The number of rotatable bonds is 8. The minimum absolute atomic E-state index is 0.141. The molecule has 1 aromatic carbocycles. The molecule has 0 bridgehead atoms. The van der Waals surface area contributed by atoms with Gasteiger partial charge in [0.25, 0.3) is 0 Å². The quantitative estimate of drug-likeness (QED) is 0.534. The molecule has 1 N–H and O–H groups in total. The largest absolute Gasteiger partial charge is 0.324 e. The maximum Gasteiger partial charge on any atom is 0.250 e. The van der Waals surface area contributed by atoms with E-state index in [4.69, 9.17) is 11.6 Å². The Morgan fingerprint density at radius 1 is 1.19 bits per heavy atom. The first-order valence-corrected chi connectivity index (χ1v) is 10.3. The van der Waals surface area contributed by atoms with E-state index in [2.05, 4.69) is 5.32 Å². The normalized spacial score (nSPS) is 13.5. The van der Waals surface area contributed by atoms with Gasteiger partial charge in [-0.15, -0.1) is 11.6 Å². The van der Waals surface area contributed by atoms with E-state index in [1.54, 1.807) is 20.8 Å². The highest BCUT2D eigenvalue weighted by molar-refractivity contribution is 7.89. The molecule has 1 atom stereocenters. The Morgan fingerprint density at radius 3 is 2.19 bits per heavy atom. The number of anilines is 1. The van der Waals surface area contributed by atoms with Crippen LogP contribution in [-0.4, -0.2) is 43.4 Å². The number of carbonyl (C=O) groups excluding carboxylic acids is 2. The molecule has 6 nitrogen and oxygen atoms in total. The van der Waals surface area contributed by atoms with E-state index in [-0.39, 0.29) is 10.7 Å². The standard InChI is InChI=1S/C18H27ClN2O4S/c1-6-7-12-21(5)26(24,25)14-10-8-13(9-11-14)20-17(23)15(19)16(22)18(2,3)4/h8-11,15H,6-7,12H2,1-5H3,(H,20,23). The number of sulfonamides is 1. The number of unbranched alkanes of at least 4 members (excludes halogenated alkanes) is 1. The number of alkyl halides is 1. The predicted octanol–water partition coefficient (Wildman–Crippen LogP) is 3.27. The van der Waals surface area contributed by atoms with E-state index >= 15 is 0 Å². The third-order valence-corrected chi connectivity index (χ3v) is 6.12. The van der Waals surface area contributed by atoms with Crippen LogP contribution in [0.2, 0.25) is 0 Å². The molecule has 0 aliphatic carbocycles. The van der Waals surface area contributed by atoms with Gasteiger partial charge in [-0.25, -0.2) is 12.7 Å². The molecule has 0 saturated heterocycles. The molecule has 0 radical (unpaired) electrons. The van der Waals surface area contributed by atoms with Crippen LogP contribution in [0, 0.1) is 5.41 Å². The van der Waals surface area contributed by atoms with Crippen LogP contribution in [0.25, 0.3) is 0 Å². The second-order valence-corrected chi connectivity index (χ2v) is 9.65. The van der Waals surface area contributed by atoms with E-state index in [1.165, 1.54) is 35.6 Å². The number of Topliss-reactive ketones (excluding diaryl/α,β-unsaturated/α-hetero) is 1. The highest BCUT2D eigenvalue weighted by Crippen LogP contribution is 2.22. The third kappa shape index (κ3) is 5.79. The summed E-state index contributed by atoms with van der Waals surface area (Å²) in [5.41, 5.74) is -0.359. The first-order valence-electron chi connectivity index (χ1n) is 8.47. The predicted molar refractivity (Wildman–Crippen MR) is 104 cm³/mol. The molecule has 1 rings (SSSR count). The van der Waals surface area contributed by atoms with Gasteiger partial charge in [-0.05, 0) is 30.7 Å². The lowest BCUT2D eigenvalue weighted by molar-refractivity contribution is -0.130. The summed E-state index contributed by atoms with van der Waals surface area (Å²) in [4.78, 5) is 24.3. The molecule has 0 aliphatic rings. The number of ketones is 1. The summed E-state index contributed by atoms with van der Waals surface area (Å²) in [6.45, 7) is 7.50. The van der Waals surface area contributed by atoms with Crippen LogP contribution < -0.4 is 5.32 Å².